The Balaban J connectivity index is 1.78. The lowest BCUT2D eigenvalue weighted by atomic mass is 10.2. The minimum atomic E-state index is 0.396. The Hall–Kier alpha value is -1.62. The topological polar surface area (TPSA) is 55.0 Å². The van der Waals surface area contributed by atoms with Gasteiger partial charge in [-0.25, -0.2) is 4.98 Å². The van der Waals surface area contributed by atoms with E-state index >= 15 is 0 Å². The van der Waals surface area contributed by atoms with Crippen LogP contribution in [0.3, 0.4) is 0 Å². The SMILES string of the molecule is CC(C)N(Cc1ccc(N)cc1)c1nc(C2CC2)ns1. The molecule has 1 aliphatic carbocycles. The molecule has 1 aromatic heterocycles. The van der Waals surface area contributed by atoms with E-state index in [1.54, 1.807) is 0 Å². The molecule has 106 valence electrons. The summed E-state index contributed by atoms with van der Waals surface area (Å²) >= 11 is 1.52. The van der Waals surface area contributed by atoms with Gasteiger partial charge >= 0.3 is 0 Å². The first kappa shape index (κ1) is 13.4. The first-order valence-electron chi connectivity index (χ1n) is 7.08. The zero-order chi connectivity index (χ0) is 14.1. The Morgan fingerprint density at radius 3 is 2.60 bits per heavy atom. The molecule has 3 rings (SSSR count). The highest BCUT2D eigenvalue weighted by Crippen LogP contribution is 2.40. The number of anilines is 2. The highest BCUT2D eigenvalue weighted by atomic mass is 32.1. The van der Waals surface area contributed by atoms with Gasteiger partial charge in [-0.1, -0.05) is 12.1 Å². The van der Waals surface area contributed by atoms with Gasteiger partial charge in [0, 0.05) is 35.7 Å². The van der Waals surface area contributed by atoms with E-state index < -0.39 is 0 Å². The molecule has 4 nitrogen and oxygen atoms in total. The van der Waals surface area contributed by atoms with Gasteiger partial charge in [0.25, 0.3) is 0 Å². The summed E-state index contributed by atoms with van der Waals surface area (Å²) in [5.41, 5.74) is 7.79. The van der Waals surface area contributed by atoms with Crippen molar-refractivity contribution in [3.05, 3.63) is 35.7 Å². The molecule has 0 saturated heterocycles. The van der Waals surface area contributed by atoms with Crippen LogP contribution in [-0.2, 0) is 6.54 Å². The van der Waals surface area contributed by atoms with E-state index in [1.165, 1.54) is 29.9 Å². The lowest BCUT2D eigenvalue weighted by molar-refractivity contribution is 0.678. The van der Waals surface area contributed by atoms with Crippen molar-refractivity contribution < 1.29 is 0 Å². The van der Waals surface area contributed by atoms with E-state index in [9.17, 15) is 0 Å². The summed E-state index contributed by atoms with van der Waals surface area (Å²) < 4.78 is 4.51. The molecule has 1 heterocycles. The van der Waals surface area contributed by atoms with Crippen LogP contribution in [0.2, 0.25) is 0 Å². The maximum absolute atomic E-state index is 5.74. The Bertz CT molecular complexity index is 572. The first-order valence-corrected chi connectivity index (χ1v) is 7.85. The van der Waals surface area contributed by atoms with Crippen molar-refractivity contribution in [2.24, 2.45) is 0 Å². The minimum absolute atomic E-state index is 0.396. The number of aromatic nitrogens is 2. The molecule has 0 unspecified atom stereocenters. The molecule has 0 radical (unpaired) electrons. The molecule has 0 atom stereocenters. The third-order valence-electron chi connectivity index (χ3n) is 3.58. The van der Waals surface area contributed by atoms with E-state index in [0.29, 0.717) is 12.0 Å². The Labute approximate surface area is 123 Å². The molecule has 0 amide bonds. The van der Waals surface area contributed by atoms with E-state index in [2.05, 4.69) is 35.3 Å². The second-order valence-corrected chi connectivity index (χ2v) is 6.40. The fourth-order valence-corrected chi connectivity index (χ4v) is 3.02. The summed E-state index contributed by atoms with van der Waals surface area (Å²) in [5.74, 6) is 1.65. The van der Waals surface area contributed by atoms with Crippen LogP contribution in [0.4, 0.5) is 10.8 Å². The fraction of sp³-hybridized carbons (Fsp3) is 0.467. The average Bonchev–Trinajstić information content (AvgIpc) is 3.16. The van der Waals surface area contributed by atoms with E-state index in [-0.39, 0.29) is 0 Å². The molecule has 1 aliphatic rings. The van der Waals surface area contributed by atoms with E-state index in [1.807, 2.05) is 12.1 Å². The lowest BCUT2D eigenvalue weighted by Crippen LogP contribution is -2.30. The highest BCUT2D eigenvalue weighted by Gasteiger charge is 2.29. The summed E-state index contributed by atoms with van der Waals surface area (Å²) in [7, 11) is 0. The molecule has 0 spiro atoms. The van der Waals surface area contributed by atoms with Gasteiger partial charge in [0.05, 0.1) is 0 Å². The molecule has 2 N–H and O–H groups in total. The van der Waals surface area contributed by atoms with Gasteiger partial charge in [0.15, 0.2) is 0 Å². The molecule has 0 aliphatic heterocycles. The van der Waals surface area contributed by atoms with Gasteiger partial charge in [0.1, 0.15) is 5.82 Å². The normalized spacial score (nSPS) is 14.8. The minimum Gasteiger partial charge on any atom is -0.399 e. The Kier molecular flexibility index (Phi) is 3.61. The Morgan fingerprint density at radius 1 is 1.30 bits per heavy atom. The smallest absolute Gasteiger partial charge is 0.205 e. The zero-order valence-electron chi connectivity index (χ0n) is 11.9. The van der Waals surface area contributed by atoms with Crippen molar-refractivity contribution in [2.45, 2.75) is 45.2 Å². The second kappa shape index (κ2) is 5.40. The molecular formula is C15H20N4S. The summed E-state index contributed by atoms with van der Waals surface area (Å²) in [6, 6.07) is 8.45. The maximum atomic E-state index is 5.74. The number of nitrogen functional groups attached to an aromatic ring is 1. The number of benzene rings is 1. The standard InChI is InChI=1S/C15H20N4S/c1-10(2)19(9-11-3-7-13(16)8-4-11)15-17-14(18-20-15)12-5-6-12/h3-4,7-8,10,12H,5-6,9,16H2,1-2H3. The maximum Gasteiger partial charge on any atom is 0.205 e. The molecule has 1 fully saturated rings. The number of nitrogens with two attached hydrogens (primary N) is 1. The zero-order valence-corrected chi connectivity index (χ0v) is 12.7. The van der Waals surface area contributed by atoms with Crippen molar-refractivity contribution >= 4 is 22.4 Å². The van der Waals surface area contributed by atoms with Crippen molar-refractivity contribution in [1.82, 2.24) is 9.36 Å². The molecule has 1 aromatic carbocycles. The monoisotopic (exact) mass is 288 g/mol. The molecule has 2 aromatic rings. The molecular weight excluding hydrogens is 268 g/mol. The number of hydrogen-bond donors (Lipinski definition) is 1. The summed E-state index contributed by atoms with van der Waals surface area (Å²) in [4.78, 5) is 7.02. The van der Waals surface area contributed by atoms with Crippen LogP contribution in [-0.4, -0.2) is 15.4 Å². The molecule has 1 saturated carbocycles. The van der Waals surface area contributed by atoms with Crippen LogP contribution in [0.15, 0.2) is 24.3 Å². The fourth-order valence-electron chi connectivity index (χ4n) is 2.14. The van der Waals surface area contributed by atoms with Crippen LogP contribution < -0.4 is 10.6 Å². The average molecular weight is 288 g/mol. The van der Waals surface area contributed by atoms with Gasteiger partial charge < -0.3 is 10.6 Å². The van der Waals surface area contributed by atoms with Crippen molar-refractivity contribution in [1.29, 1.82) is 0 Å². The summed E-state index contributed by atoms with van der Waals surface area (Å²) in [5, 5.41) is 1.03. The predicted octanol–water partition coefficient (Wildman–Crippen LogP) is 3.41. The van der Waals surface area contributed by atoms with Crippen molar-refractivity contribution in [3.63, 3.8) is 0 Å². The molecule has 20 heavy (non-hydrogen) atoms. The number of hydrogen-bond acceptors (Lipinski definition) is 5. The first-order chi connectivity index (χ1) is 9.63. The van der Waals surface area contributed by atoms with Gasteiger partial charge in [0.2, 0.25) is 5.13 Å². The number of rotatable bonds is 5. The van der Waals surface area contributed by atoms with Crippen molar-refractivity contribution in [2.75, 3.05) is 10.6 Å². The van der Waals surface area contributed by atoms with Crippen LogP contribution in [0.5, 0.6) is 0 Å². The number of nitrogens with zero attached hydrogens (tertiary/aromatic N) is 3. The third-order valence-corrected chi connectivity index (χ3v) is 4.34. The highest BCUT2D eigenvalue weighted by molar-refractivity contribution is 7.09. The van der Waals surface area contributed by atoms with Crippen LogP contribution in [0, 0.1) is 0 Å². The lowest BCUT2D eigenvalue weighted by Gasteiger charge is -2.25. The summed E-state index contributed by atoms with van der Waals surface area (Å²) in [6.07, 6.45) is 2.49. The van der Waals surface area contributed by atoms with Gasteiger partial charge in [-0.05, 0) is 44.4 Å². The van der Waals surface area contributed by atoms with E-state index in [4.69, 9.17) is 10.7 Å². The van der Waals surface area contributed by atoms with Crippen LogP contribution in [0.1, 0.15) is 44.0 Å². The third kappa shape index (κ3) is 2.93. The van der Waals surface area contributed by atoms with E-state index in [0.717, 1.165) is 23.2 Å². The van der Waals surface area contributed by atoms with Crippen LogP contribution >= 0.6 is 11.5 Å². The molecule has 5 heteroatoms. The van der Waals surface area contributed by atoms with Gasteiger partial charge in [-0.15, -0.1) is 0 Å². The van der Waals surface area contributed by atoms with Gasteiger partial charge in [-0.2, -0.15) is 4.37 Å². The molecule has 0 bridgehead atoms. The van der Waals surface area contributed by atoms with Crippen molar-refractivity contribution in [3.8, 4) is 0 Å². The largest absolute Gasteiger partial charge is 0.399 e. The second-order valence-electron chi connectivity index (χ2n) is 5.67. The quantitative estimate of drug-likeness (QED) is 0.857. The predicted molar refractivity (Wildman–Crippen MR) is 84.1 cm³/mol. The van der Waals surface area contributed by atoms with Crippen LogP contribution in [0.25, 0.3) is 0 Å². The summed E-state index contributed by atoms with van der Waals surface area (Å²) in [6.45, 7) is 5.22. The Morgan fingerprint density at radius 2 is 2.00 bits per heavy atom. The van der Waals surface area contributed by atoms with Gasteiger partial charge in [-0.3, -0.25) is 0 Å².